The van der Waals surface area contributed by atoms with Crippen molar-refractivity contribution in [2.75, 3.05) is 6.54 Å². The van der Waals surface area contributed by atoms with Crippen molar-refractivity contribution in [1.82, 2.24) is 0 Å². The molecule has 0 amide bonds. The van der Waals surface area contributed by atoms with Gasteiger partial charge in [0.15, 0.2) is 0 Å². The van der Waals surface area contributed by atoms with Crippen LogP contribution in [0.1, 0.15) is 26.2 Å². The van der Waals surface area contributed by atoms with E-state index in [1.165, 1.54) is 0 Å². The standard InChI is InChI=1S/C8H18N2/c1-7(2)8(10)5-3-4-6-9/h8H,1,3-6,9-10H2,2H3/t8-/m1/s1. The summed E-state index contributed by atoms with van der Waals surface area (Å²) in [6, 6.07) is 0.173. The van der Waals surface area contributed by atoms with Gasteiger partial charge in [0.05, 0.1) is 0 Å². The molecule has 4 N–H and O–H groups in total. The Labute approximate surface area is 63.3 Å². The molecule has 0 aromatic rings. The second-order valence-electron chi connectivity index (χ2n) is 2.74. The van der Waals surface area contributed by atoms with E-state index in [1.54, 1.807) is 0 Å². The Morgan fingerprint density at radius 3 is 2.50 bits per heavy atom. The highest BCUT2D eigenvalue weighted by molar-refractivity contribution is 4.99. The molecule has 0 radical (unpaired) electrons. The van der Waals surface area contributed by atoms with Crippen LogP contribution in [-0.2, 0) is 0 Å². The van der Waals surface area contributed by atoms with E-state index in [9.17, 15) is 0 Å². The highest BCUT2D eigenvalue weighted by Gasteiger charge is 2.00. The van der Waals surface area contributed by atoms with Crippen LogP contribution in [0.15, 0.2) is 12.2 Å². The molecule has 60 valence electrons. The van der Waals surface area contributed by atoms with Gasteiger partial charge in [0, 0.05) is 6.04 Å². The largest absolute Gasteiger partial charge is 0.330 e. The van der Waals surface area contributed by atoms with E-state index in [-0.39, 0.29) is 6.04 Å². The molecular weight excluding hydrogens is 124 g/mol. The Morgan fingerprint density at radius 1 is 1.50 bits per heavy atom. The molecule has 2 nitrogen and oxygen atoms in total. The van der Waals surface area contributed by atoms with E-state index >= 15 is 0 Å². The Morgan fingerprint density at radius 2 is 2.10 bits per heavy atom. The van der Waals surface area contributed by atoms with E-state index in [0.717, 1.165) is 31.4 Å². The van der Waals surface area contributed by atoms with Crippen LogP contribution in [0.3, 0.4) is 0 Å². The van der Waals surface area contributed by atoms with Crippen LogP contribution >= 0.6 is 0 Å². The van der Waals surface area contributed by atoms with Gasteiger partial charge in [0.1, 0.15) is 0 Å². The lowest BCUT2D eigenvalue weighted by Gasteiger charge is -2.09. The van der Waals surface area contributed by atoms with Crippen molar-refractivity contribution in [3.63, 3.8) is 0 Å². The van der Waals surface area contributed by atoms with Crippen LogP contribution < -0.4 is 11.5 Å². The fourth-order valence-electron chi connectivity index (χ4n) is 0.755. The third-order valence-corrected chi connectivity index (χ3v) is 1.60. The van der Waals surface area contributed by atoms with E-state index in [1.807, 2.05) is 6.92 Å². The summed E-state index contributed by atoms with van der Waals surface area (Å²) in [5.41, 5.74) is 12.1. The van der Waals surface area contributed by atoms with Crippen molar-refractivity contribution >= 4 is 0 Å². The zero-order valence-electron chi connectivity index (χ0n) is 6.77. The maximum atomic E-state index is 5.72. The number of rotatable bonds is 5. The molecule has 0 saturated carbocycles. The van der Waals surface area contributed by atoms with Crippen LogP contribution in [0, 0.1) is 0 Å². The van der Waals surface area contributed by atoms with Crippen LogP contribution in [0.4, 0.5) is 0 Å². The molecular formula is C8H18N2. The number of unbranched alkanes of at least 4 members (excludes halogenated alkanes) is 1. The van der Waals surface area contributed by atoms with Crippen molar-refractivity contribution < 1.29 is 0 Å². The van der Waals surface area contributed by atoms with Gasteiger partial charge in [-0.15, -0.1) is 0 Å². The Hall–Kier alpha value is -0.340. The van der Waals surface area contributed by atoms with Crippen molar-refractivity contribution in [1.29, 1.82) is 0 Å². The average molecular weight is 142 g/mol. The normalized spacial score (nSPS) is 13.1. The minimum Gasteiger partial charge on any atom is -0.330 e. The van der Waals surface area contributed by atoms with Gasteiger partial charge < -0.3 is 11.5 Å². The lowest BCUT2D eigenvalue weighted by molar-refractivity contribution is 0.619. The molecule has 0 aliphatic heterocycles. The van der Waals surface area contributed by atoms with E-state index in [2.05, 4.69) is 6.58 Å². The molecule has 0 heterocycles. The van der Waals surface area contributed by atoms with Crippen molar-refractivity contribution in [3.05, 3.63) is 12.2 Å². The zero-order chi connectivity index (χ0) is 7.98. The summed E-state index contributed by atoms with van der Waals surface area (Å²) < 4.78 is 0. The molecule has 0 spiro atoms. The predicted octanol–water partition coefficient (Wildman–Crippen LogP) is 1.02. The van der Waals surface area contributed by atoms with Crippen molar-refractivity contribution in [2.45, 2.75) is 32.2 Å². The van der Waals surface area contributed by atoms with Gasteiger partial charge in [-0.25, -0.2) is 0 Å². The zero-order valence-corrected chi connectivity index (χ0v) is 6.77. The Kier molecular flexibility index (Phi) is 5.26. The van der Waals surface area contributed by atoms with E-state index in [0.29, 0.717) is 0 Å². The summed E-state index contributed by atoms with van der Waals surface area (Å²) in [5, 5.41) is 0. The van der Waals surface area contributed by atoms with Gasteiger partial charge in [0.2, 0.25) is 0 Å². The molecule has 0 aromatic carbocycles. The average Bonchev–Trinajstić information content (AvgIpc) is 1.88. The molecule has 0 unspecified atom stereocenters. The Bertz CT molecular complexity index is 99.4. The molecule has 0 fully saturated rings. The topological polar surface area (TPSA) is 52.0 Å². The monoisotopic (exact) mass is 142 g/mol. The van der Waals surface area contributed by atoms with Gasteiger partial charge in [-0.3, -0.25) is 0 Å². The van der Waals surface area contributed by atoms with Gasteiger partial charge in [-0.1, -0.05) is 18.6 Å². The first-order chi connectivity index (χ1) is 4.68. The highest BCUT2D eigenvalue weighted by Crippen LogP contribution is 2.04. The summed E-state index contributed by atoms with van der Waals surface area (Å²) >= 11 is 0. The second-order valence-corrected chi connectivity index (χ2v) is 2.74. The van der Waals surface area contributed by atoms with Crippen LogP contribution in [0.5, 0.6) is 0 Å². The highest BCUT2D eigenvalue weighted by atomic mass is 14.6. The first-order valence-electron chi connectivity index (χ1n) is 3.79. The summed E-state index contributed by atoms with van der Waals surface area (Å²) in [7, 11) is 0. The molecule has 10 heavy (non-hydrogen) atoms. The SMILES string of the molecule is C=C(C)[C@H](N)CCCCN. The van der Waals surface area contributed by atoms with Gasteiger partial charge in [-0.2, -0.15) is 0 Å². The summed E-state index contributed by atoms with van der Waals surface area (Å²) in [6.45, 7) is 6.51. The van der Waals surface area contributed by atoms with E-state index < -0.39 is 0 Å². The summed E-state index contributed by atoms with van der Waals surface area (Å²) in [4.78, 5) is 0. The van der Waals surface area contributed by atoms with Crippen molar-refractivity contribution in [2.24, 2.45) is 11.5 Å². The first kappa shape index (κ1) is 9.66. The van der Waals surface area contributed by atoms with Gasteiger partial charge in [-0.05, 0) is 26.3 Å². The fourth-order valence-corrected chi connectivity index (χ4v) is 0.755. The smallest absolute Gasteiger partial charge is 0.0248 e. The minimum absolute atomic E-state index is 0.173. The molecule has 1 atom stereocenters. The molecule has 0 rings (SSSR count). The summed E-state index contributed by atoms with van der Waals surface area (Å²) in [6.07, 6.45) is 3.21. The van der Waals surface area contributed by atoms with Crippen LogP contribution in [-0.4, -0.2) is 12.6 Å². The third-order valence-electron chi connectivity index (χ3n) is 1.60. The maximum Gasteiger partial charge on any atom is 0.0248 e. The number of nitrogens with two attached hydrogens (primary N) is 2. The van der Waals surface area contributed by atoms with Gasteiger partial charge in [0.25, 0.3) is 0 Å². The Balaban J connectivity index is 3.21. The molecule has 0 aromatic heterocycles. The quantitative estimate of drug-likeness (QED) is 0.445. The van der Waals surface area contributed by atoms with E-state index in [4.69, 9.17) is 11.5 Å². The molecule has 0 bridgehead atoms. The molecule has 0 aliphatic rings. The summed E-state index contributed by atoms with van der Waals surface area (Å²) in [5.74, 6) is 0. The van der Waals surface area contributed by atoms with Gasteiger partial charge >= 0.3 is 0 Å². The number of hydrogen-bond donors (Lipinski definition) is 2. The van der Waals surface area contributed by atoms with Crippen LogP contribution in [0.25, 0.3) is 0 Å². The molecule has 0 aliphatic carbocycles. The first-order valence-corrected chi connectivity index (χ1v) is 3.79. The number of hydrogen-bond acceptors (Lipinski definition) is 2. The second kappa shape index (κ2) is 5.45. The molecule has 0 saturated heterocycles. The molecule has 2 heteroatoms. The lowest BCUT2D eigenvalue weighted by Crippen LogP contribution is -2.20. The minimum atomic E-state index is 0.173. The lowest BCUT2D eigenvalue weighted by atomic mass is 10.1. The van der Waals surface area contributed by atoms with Crippen molar-refractivity contribution in [3.8, 4) is 0 Å². The predicted molar refractivity (Wildman–Crippen MR) is 45.7 cm³/mol. The maximum absolute atomic E-state index is 5.72. The van der Waals surface area contributed by atoms with Crippen LogP contribution in [0.2, 0.25) is 0 Å². The third kappa shape index (κ3) is 4.53. The fraction of sp³-hybridized carbons (Fsp3) is 0.750.